The maximum Gasteiger partial charge on any atom is 0.123 e. The molecule has 3 unspecified atom stereocenters. The number of nitrogens with one attached hydrogen (secondary N) is 2. The largest absolute Gasteiger partial charge is 0.384 e. The Balaban J connectivity index is 1.45. The van der Waals surface area contributed by atoms with Crippen LogP contribution in [0.1, 0.15) is 36.3 Å². The molecule has 0 amide bonds. The molecule has 3 heterocycles. The Labute approximate surface area is 201 Å². The summed E-state index contributed by atoms with van der Waals surface area (Å²) in [7, 11) is 1.80. The van der Waals surface area contributed by atoms with Crippen LogP contribution in [0, 0.1) is 0 Å². The van der Waals surface area contributed by atoms with Crippen molar-refractivity contribution in [2.24, 2.45) is 0 Å². The number of piperazine rings is 1. The van der Waals surface area contributed by atoms with Gasteiger partial charge in [0.1, 0.15) is 12.7 Å². The van der Waals surface area contributed by atoms with Crippen molar-refractivity contribution in [1.29, 1.82) is 0 Å². The molecule has 1 fully saturated rings. The third-order valence-electron chi connectivity index (χ3n) is 7.21. The Hall–Kier alpha value is -3.00. The van der Waals surface area contributed by atoms with Crippen LogP contribution in [0.3, 0.4) is 0 Å². The zero-order valence-corrected chi connectivity index (χ0v) is 20.0. The van der Waals surface area contributed by atoms with Crippen molar-refractivity contribution < 1.29 is 4.74 Å². The molecule has 7 nitrogen and oxygen atoms in total. The second-order valence-electron chi connectivity index (χ2n) is 9.19. The first-order chi connectivity index (χ1) is 16.8. The van der Waals surface area contributed by atoms with E-state index in [1.807, 2.05) is 4.57 Å². The Morgan fingerprint density at radius 3 is 2.71 bits per heavy atom. The van der Waals surface area contributed by atoms with E-state index in [2.05, 4.69) is 87.0 Å². The molecule has 1 aliphatic heterocycles. The van der Waals surface area contributed by atoms with Crippen LogP contribution in [0.4, 0.5) is 0 Å². The Bertz CT molecular complexity index is 1170. The average molecular weight is 459 g/mol. The first-order valence-corrected chi connectivity index (χ1v) is 12.2. The lowest BCUT2D eigenvalue weighted by atomic mass is 9.86. The summed E-state index contributed by atoms with van der Waals surface area (Å²) in [5.74, 6) is 0.768. The van der Waals surface area contributed by atoms with E-state index in [0.29, 0.717) is 17.9 Å². The lowest BCUT2D eigenvalue weighted by molar-refractivity contribution is 0.101. The predicted molar refractivity (Wildman–Crippen MR) is 136 cm³/mol. The summed E-state index contributed by atoms with van der Waals surface area (Å²) in [6.07, 6.45) is 6.78. The summed E-state index contributed by atoms with van der Waals surface area (Å²) in [4.78, 5) is 6.20. The number of fused-ring (bicyclic) bond motifs is 1. The summed E-state index contributed by atoms with van der Waals surface area (Å²) in [6.45, 7) is 7.09. The van der Waals surface area contributed by atoms with E-state index in [1.54, 1.807) is 19.8 Å². The first-order valence-electron chi connectivity index (χ1n) is 12.2. The average Bonchev–Trinajstić information content (AvgIpc) is 3.56. The number of methoxy groups -OCH3 is 1. The van der Waals surface area contributed by atoms with Gasteiger partial charge in [-0.3, -0.25) is 9.47 Å². The van der Waals surface area contributed by atoms with Gasteiger partial charge in [-0.1, -0.05) is 37.3 Å². The van der Waals surface area contributed by atoms with Crippen molar-refractivity contribution in [2.45, 2.75) is 31.2 Å². The smallest absolute Gasteiger partial charge is 0.123 e. The van der Waals surface area contributed by atoms with Crippen molar-refractivity contribution in [1.82, 2.24) is 30.0 Å². The monoisotopic (exact) mass is 458 g/mol. The molecule has 5 rings (SSSR count). The molecular weight excluding hydrogens is 424 g/mol. The van der Waals surface area contributed by atoms with Crippen molar-refractivity contribution in [2.75, 3.05) is 39.9 Å². The van der Waals surface area contributed by atoms with Crippen molar-refractivity contribution >= 4 is 10.9 Å². The van der Waals surface area contributed by atoms with Crippen LogP contribution in [0.15, 0.2) is 67.4 Å². The minimum Gasteiger partial charge on any atom is -0.384 e. The van der Waals surface area contributed by atoms with Gasteiger partial charge in [0.25, 0.3) is 0 Å². The first kappa shape index (κ1) is 22.8. The van der Waals surface area contributed by atoms with Crippen LogP contribution in [-0.4, -0.2) is 70.6 Å². The fraction of sp³-hybridized carbons (Fsp3) is 0.407. The zero-order chi connectivity index (χ0) is 23.3. The number of nitrogens with zero attached hydrogens (tertiary/aromatic N) is 4. The normalized spacial score (nSPS) is 18.8. The number of aromatic nitrogens is 4. The lowest BCUT2D eigenvalue weighted by Crippen LogP contribution is -2.54. The molecule has 4 aromatic rings. The van der Waals surface area contributed by atoms with Gasteiger partial charge in [-0.15, -0.1) is 10.2 Å². The molecule has 1 aliphatic rings. The number of hydrogen-bond donors (Lipinski definition) is 2. The molecule has 2 aromatic carbocycles. The Kier molecular flexibility index (Phi) is 7.04. The van der Waals surface area contributed by atoms with E-state index in [4.69, 9.17) is 4.74 Å². The van der Waals surface area contributed by atoms with Gasteiger partial charge in [0, 0.05) is 74.0 Å². The highest BCUT2D eigenvalue weighted by molar-refractivity contribution is 5.85. The standard InChI is InChI=1S/C27H34N6O/c1-3-23(25-14-29-26-10-9-22(13-24(25)26)33-18-30-31-19-33)27-15-28-11-12-32(27)16-21(17-34-2)20-7-5-4-6-8-20/h4-10,13-14,18-19,21,23,27-29H,3,11-12,15-17H2,1-2H3. The van der Waals surface area contributed by atoms with Crippen LogP contribution in [0.25, 0.3) is 16.6 Å². The molecular formula is C27H34N6O. The van der Waals surface area contributed by atoms with Gasteiger partial charge in [-0.2, -0.15) is 0 Å². The fourth-order valence-corrected chi connectivity index (χ4v) is 5.49. The quantitative estimate of drug-likeness (QED) is 0.397. The van der Waals surface area contributed by atoms with Crippen LogP contribution >= 0.6 is 0 Å². The number of rotatable bonds is 9. The van der Waals surface area contributed by atoms with Crippen LogP contribution in [0.5, 0.6) is 0 Å². The lowest BCUT2D eigenvalue weighted by Gasteiger charge is -2.42. The molecule has 2 aromatic heterocycles. The van der Waals surface area contributed by atoms with Crippen molar-refractivity contribution in [3.8, 4) is 5.69 Å². The van der Waals surface area contributed by atoms with Crippen LogP contribution < -0.4 is 5.32 Å². The summed E-state index contributed by atoms with van der Waals surface area (Å²) in [6, 6.07) is 17.7. The second-order valence-corrected chi connectivity index (χ2v) is 9.19. The summed E-state index contributed by atoms with van der Waals surface area (Å²) in [5.41, 5.74) is 4.98. The Morgan fingerprint density at radius 2 is 1.94 bits per heavy atom. The molecule has 1 saturated heterocycles. The van der Waals surface area contributed by atoms with E-state index in [0.717, 1.165) is 44.9 Å². The van der Waals surface area contributed by atoms with E-state index in [-0.39, 0.29) is 0 Å². The molecule has 0 spiro atoms. The van der Waals surface area contributed by atoms with Gasteiger partial charge < -0.3 is 15.0 Å². The second kappa shape index (κ2) is 10.5. The minimum absolute atomic E-state index is 0.354. The maximum absolute atomic E-state index is 5.64. The number of aromatic amines is 1. The van der Waals surface area contributed by atoms with E-state index >= 15 is 0 Å². The van der Waals surface area contributed by atoms with Crippen molar-refractivity contribution in [3.05, 3.63) is 78.5 Å². The molecule has 34 heavy (non-hydrogen) atoms. The van der Waals surface area contributed by atoms with E-state index < -0.39 is 0 Å². The molecule has 0 saturated carbocycles. The molecule has 2 N–H and O–H groups in total. The topological polar surface area (TPSA) is 71.0 Å². The molecule has 0 bridgehead atoms. The van der Waals surface area contributed by atoms with Gasteiger partial charge in [0.2, 0.25) is 0 Å². The van der Waals surface area contributed by atoms with Crippen LogP contribution in [-0.2, 0) is 4.74 Å². The van der Waals surface area contributed by atoms with Crippen molar-refractivity contribution in [3.63, 3.8) is 0 Å². The molecule has 0 radical (unpaired) electrons. The van der Waals surface area contributed by atoms with E-state index in [1.165, 1.54) is 22.0 Å². The summed E-state index contributed by atoms with van der Waals surface area (Å²) in [5, 5.41) is 12.9. The number of benzene rings is 2. The third kappa shape index (κ3) is 4.64. The van der Waals surface area contributed by atoms with Gasteiger partial charge in [0.05, 0.1) is 6.61 Å². The third-order valence-corrected chi connectivity index (χ3v) is 7.21. The molecule has 3 atom stereocenters. The van der Waals surface area contributed by atoms with Gasteiger partial charge in [0.15, 0.2) is 0 Å². The van der Waals surface area contributed by atoms with Gasteiger partial charge >= 0.3 is 0 Å². The highest BCUT2D eigenvalue weighted by Gasteiger charge is 2.33. The number of H-pyrrole nitrogens is 1. The minimum atomic E-state index is 0.354. The maximum atomic E-state index is 5.64. The van der Waals surface area contributed by atoms with E-state index in [9.17, 15) is 0 Å². The number of hydrogen-bond acceptors (Lipinski definition) is 5. The van der Waals surface area contributed by atoms with Crippen LogP contribution in [0.2, 0.25) is 0 Å². The molecule has 7 heteroatoms. The predicted octanol–water partition coefficient (Wildman–Crippen LogP) is 3.95. The zero-order valence-electron chi connectivity index (χ0n) is 20.0. The highest BCUT2D eigenvalue weighted by atomic mass is 16.5. The molecule has 0 aliphatic carbocycles. The highest BCUT2D eigenvalue weighted by Crippen LogP contribution is 2.35. The summed E-state index contributed by atoms with van der Waals surface area (Å²) >= 11 is 0. The van der Waals surface area contributed by atoms with Gasteiger partial charge in [-0.25, -0.2) is 0 Å². The SMILES string of the molecule is CCC(c1c[nH]c2ccc(-n3cnnc3)cc12)C1CNCCN1CC(COC)c1ccccc1. The molecule has 178 valence electrons. The number of ether oxygens (including phenoxy) is 1. The fourth-order valence-electron chi connectivity index (χ4n) is 5.49. The summed E-state index contributed by atoms with van der Waals surface area (Å²) < 4.78 is 7.60. The Morgan fingerprint density at radius 1 is 1.12 bits per heavy atom. The van der Waals surface area contributed by atoms with Gasteiger partial charge in [-0.05, 0) is 35.7 Å².